The molecule has 0 radical (unpaired) electrons. The van der Waals surface area contributed by atoms with Gasteiger partial charge in [0.05, 0.1) is 17.4 Å². The van der Waals surface area contributed by atoms with Crippen LogP contribution in [0.4, 0.5) is 4.39 Å². The molecule has 1 aliphatic heterocycles. The van der Waals surface area contributed by atoms with E-state index in [1.54, 1.807) is 26.0 Å². The third kappa shape index (κ3) is 3.86. The predicted octanol–water partition coefficient (Wildman–Crippen LogP) is 2.39. The summed E-state index contributed by atoms with van der Waals surface area (Å²) in [6.07, 6.45) is 0.0476. The van der Waals surface area contributed by atoms with Crippen molar-refractivity contribution in [2.45, 2.75) is 26.2 Å². The second kappa shape index (κ2) is 6.37. The van der Waals surface area contributed by atoms with Crippen molar-refractivity contribution in [1.82, 2.24) is 4.90 Å². The predicted molar refractivity (Wildman–Crippen MR) is 80.9 cm³/mol. The first kappa shape index (κ1) is 16.9. The van der Waals surface area contributed by atoms with Crippen LogP contribution in [0.1, 0.15) is 31.7 Å². The van der Waals surface area contributed by atoms with Gasteiger partial charge < -0.3 is 10.0 Å². The summed E-state index contributed by atoms with van der Waals surface area (Å²) in [6, 6.07) is 7.77. The Balaban J connectivity index is 2.18. The lowest BCUT2D eigenvalue weighted by Gasteiger charge is -2.21. The molecular formula is C17H19FN2O3. The molecule has 2 atom stereocenters. The number of amides is 1. The molecule has 0 saturated carbocycles. The fraction of sp³-hybridized carbons (Fsp3) is 0.471. The summed E-state index contributed by atoms with van der Waals surface area (Å²) in [5.41, 5.74) is -0.0855. The molecule has 0 aliphatic carbocycles. The van der Waals surface area contributed by atoms with Gasteiger partial charge in [0.2, 0.25) is 5.91 Å². The number of aliphatic carboxylic acids is 1. The molecule has 23 heavy (non-hydrogen) atoms. The number of carboxylic acid groups (broad SMARTS) is 1. The minimum absolute atomic E-state index is 0.0476. The number of nitrogens with zero attached hydrogens (tertiary/aromatic N) is 2. The number of hydrogen-bond donors (Lipinski definition) is 1. The average molecular weight is 318 g/mol. The lowest BCUT2D eigenvalue weighted by atomic mass is 9.89. The Morgan fingerprint density at radius 1 is 1.35 bits per heavy atom. The maximum absolute atomic E-state index is 13.0. The highest BCUT2D eigenvalue weighted by molar-refractivity contribution is 5.80. The fourth-order valence-corrected chi connectivity index (χ4v) is 2.83. The largest absolute Gasteiger partial charge is 0.481 e. The van der Waals surface area contributed by atoms with Crippen molar-refractivity contribution >= 4 is 11.9 Å². The van der Waals surface area contributed by atoms with Gasteiger partial charge in [-0.05, 0) is 31.5 Å². The number of benzene rings is 1. The molecule has 1 aliphatic rings. The lowest BCUT2D eigenvalue weighted by Crippen LogP contribution is -2.32. The van der Waals surface area contributed by atoms with E-state index < -0.39 is 17.3 Å². The summed E-state index contributed by atoms with van der Waals surface area (Å²) < 4.78 is 13.0. The van der Waals surface area contributed by atoms with E-state index in [1.807, 2.05) is 0 Å². The fourth-order valence-electron chi connectivity index (χ4n) is 2.83. The molecule has 1 amide bonds. The van der Waals surface area contributed by atoms with Crippen LogP contribution in [0.5, 0.6) is 0 Å². The molecule has 1 N–H and O–H groups in total. The normalized spacial score (nSPS) is 21.0. The molecule has 5 nitrogen and oxygen atoms in total. The summed E-state index contributed by atoms with van der Waals surface area (Å²) >= 11 is 0. The third-order valence-electron chi connectivity index (χ3n) is 4.18. The monoisotopic (exact) mass is 318 g/mol. The maximum Gasteiger partial charge on any atom is 0.308 e. The number of hydrogen-bond acceptors (Lipinski definition) is 3. The summed E-state index contributed by atoms with van der Waals surface area (Å²) in [5.74, 6) is -2.69. The van der Waals surface area contributed by atoms with Crippen LogP contribution in [-0.4, -0.2) is 35.0 Å². The van der Waals surface area contributed by atoms with Gasteiger partial charge in [0.15, 0.2) is 0 Å². The maximum atomic E-state index is 13.0. The number of rotatable bonds is 4. The number of carbonyl (C=O) groups excluding carboxylic acids is 1. The van der Waals surface area contributed by atoms with Crippen LogP contribution in [0.2, 0.25) is 0 Å². The average Bonchev–Trinajstić information content (AvgIpc) is 2.93. The second-order valence-electron chi connectivity index (χ2n) is 6.57. The van der Waals surface area contributed by atoms with Crippen molar-refractivity contribution in [3.8, 4) is 6.07 Å². The van der Waals surface area contributed by atoms with Crippen LogP contribution in [-0.2, 0) is 9.59 Å². The van der Waals surface area contributed by atoms with E-state index in [0.29, 0.717) is 5.56 Å². The van der Waals surface area contributed by atoms with E-state index in [4.69, 9.17) is 5.26 Å². The van der Waals surface area contributed by atoms with Gasteiger partial charge in [0.1, 0.15) is 5.82 Å². The molecule has 0 aromatic heterocycles. The quantitative estimate of drug-likeness (QED) is 0.924. The minimum Gasteiger partial charge on any atom is -0.481 e. The number of carbonyl (C=O) groups is 2. The zero-order valence-electron chi connectivity index (χ0n) is 13.1. The topological polar surface area (TPSA) is 81.4 Å². The Hall–Kier alpha value is -2.42. The van der Waals surface area contributed by atoms with Gasteiger partial charge in [-0.1, -0.05) is 12.1 Å². The van der Waals surface area contributed by atoms with Crippen LogP contribution in [0, 0.1) is 28.5 Å². The van der Waals surface area contributed by atoms with Gasteiger partial charge in [-0.15, -0.1) is 0 Å². The molecule has 0 bridgehead atoms. The Kier molecular flexibility index (Phi) is 4.69. The second-order valence-corrected chi connectivity index (χ2v) is 6.57. The van der Waals surface area contributed by atoms with Crippen LogP contribution in [0.25, 0.3) is 0 Å². The standard InChI is InChI=1S/C17H19FN2O3/c1-17(2,10-19)7-15(21)20-8-13(14(9-20)16(22)23)11-3-5-12(18)6-4-11/h3-6,13-14H,7-9H2,1-2H3,(H,22,23)/t13-,14+/m1/s1. The molecule has 1 heterocycles. The molecule has 0 spiro atoms. The van der Waals surface area contributed by atoms with E-state index in [9.17, 15) is 19.1 Å². The molecule has 0 unspecified atom stereocenters. The van der Waals surface area contributed by atoms with Gasteiger partial charge in [-0.3, -0.25) is 9.59 Å². The molecular weight excluding hydrogens is 299 g/mol. The highest BCUT2D eigenvalue weighted by Crippen LogP contribution is 2.34. The third-order valence-corrected chi connectivity index (χ3v) is 4.18. The highest BCUT2D eigenvalue weighted by Gasteiger charge is 2.41. The van der Waals surface area contributed by atoms with Crippen molar-refractivity contribution in [2.75, 3.05) is 13.1 Å². The molecule has 1 saturated heterocycles. The Morgan fingerprint density at radius 2 is 1.96 bits per heavy atom. The molecule has 1 fully saturated rings. The van der Waals surface area contributed by atoms with Crippen molar-refractivity contribution < 1.29 is 19.1 Å². The van der Waals surface area contributed by atoms with E-state index in [0.717, 1.165) is 0 Å². The van der Waals surface area contributed by atoms with Crippen molar-refractivity contribution in [2.24, 2.45) is 11.3 Å². The van der Waals surface area contributed by atoms with Gasteiger partial charge in [-0.25, -0.2) is 4.39 Å². The first-order valence-corrected chi connectivity index (χ1v) is 7.41. The van der Waals surface area contributed by atoms with E-state index in [1.165, 1.54) is 17.0 Å². The van der Waals surface area contributed by atoms with E-state index in [-0.39, 0.29) is 37.2 Å². The number of carboxylic acids is 1. The Bertz CT molecular complexity index is 649. The minimum atomic E-state index is -0.978. The molecule has 2 rings (SSSR count). The number of nitriles is 1. The molecule has 1 aromatic carbocycles. The lowest BCUT2D eigenvalue weighted by molar-refractivity contribution is -0.141. The summed E-state index contributed by atoms with van der Waals surface area (Å²) in [5, 5.41) is 18.4. The van der Waals surface area contributed by atoms with Crippen LogP contribution in [0.15, 0.2) is 24.3 Å². The zero-order chi connectivity index (χ0) is 17.2. The smallest absolute Gasteiger partial charge is 0.308 e. The van der Waals surface area contributed by atoms with Crippen LogP contribution < -0.4 is 0 Å². The van der Waals surface area contributed by atoms with Crippen molar-refractivity contribution in [3.05, 3.63) is 35.6 Å². The Morgan fingerprint density at radius 3 is 2.48 bits per heavy atom. The highest BCUT2D eigenvalue weighted by atomic mass is 19.1. The van der Waals surface area contributed by atoms with E-state index in [2.05, 4.69) is 6.07 Å². The van der Waals surface area contributed by atoms with Gasteiger partial charge in [-0.2, -0.15) is 5.26 Å². The molecule has 1 aromatic rings. The first-order chi connectivity index (χ1) is 10.7. The number of likely N-dealkylation sites (tertiary alicyclic amines) is 1. The van der Waals surface area contributed by atoms with Crippen LogP contribution >= 0.6 is 0 Å². The summed E-state index contributed by atoms with van der Waals surface area (Å²) in [7, 11) is 0. The van der Waals surface area contributed by atoms with Crippen LogP contribution in [0.3, 0.4) is 0 Å². The van der Waals surface area contributed by atoms with Crippen molar-refractivity contribution in [3.63, 3.8) is 0 Å². The SMILES string of the molecule is CC(C)(C#N)CC(=O)N1C[C@H](C(=O)O)[C@@H](c2ccc(F)cc2)C1. The van der Waals surface area contributed by atoms with E-state index >= 15 is 0 Å². The number of halogens is 1. The zero-order valence-corrected chi connectivity index (χ0v) is 13.1. The molecule has 122 valence electrons. The van der Waals surface area contributed by atoms with Gasteiger partial charge >= 0.3 is 5.97 Å². The summed E-state index contributed by atoms with van der Waals surface area (Å²) in [4.78, 5) is 25.3. The first-order valence-electron chi connectivity index (χ1n) is 7.41. The summed E-state index contributed by atoms with van der Waals surface area (Å²) in [6.45, 7) is 3.72. The molecule has 6 heteroatoms. The van der Waals surface area contributed by atoms with Gasteiger partial charge in [0, 0.05) is 25.4 Å². The Labute approximate surface area is 134 Å². The van der Waals surface area contributed by atoms with Gasteiger partial charge in [0.25, 0.3) is 0 Å². The van der Waals surface area contributed by atoms with Crippen molar-refractivity contribution in [1.29, 1.82) is 5.26 Å².